The molecule has 1 aliphatic rings. The number of carboxylic acids is 1. The molecule has 3 amide bonds. The first kappa shape index (κ1) is 25.2. The molecule has 34 heavy (non-hydrogen) atoms. The first-order chi connectivity index (χ1) is 16.1. The number of para-hydroxylation sites is 1. The lowest BCUT2D eigenvalue weighted by Crippen LogP contribution is -2.57. The van der Waals surface area contributed by atoms with Gasteiger partial charge in [0, 0.05) is 30.1 Å². The molecule has 4 atom stereocenters. The predicted molar refractivity (Wildman–Crippen MR) is 127 cm³/mol. The van der Waals surface area contributed by atoms with Gasteiger partial charge in [-0.2, -0.15) is 0 Å². The number of likely N-dealkylation sites (tertiary alicyclic amines) is 1. The molecule has 0 bridgehead atoms. The minimum Gasteiger partial charge on any atom is -0.480 e. The smallest absolute Gasteiger partial charge is 0.326 e. The number of aromatic amines is 1. The minimum absolute atomic E-state index is 0.153. The number of H-pyrrole nitrogens is 1. The third-order valence-corrected chi connectivity index (χ3v) is 6.19. The Morgan fingerprint density at radius 3 is 2.53 bits per heavy atom. The molecule has 1 aromatic heterocycles. The summed E-state index contributed by atoms with van der Waals surface area (Å²) in [4.78, 5) is 55.1. The Morgan fingerprint density at radius 1 is 1.18 bits per heavy atom. The first-order valence-electron chi connectivity index (χ1n) is 11.5. The van der Waals surface area contributed by atoms with Gasteiger partial charge in [0.2, 0.25) is 17.7 Å². The Balaban J connectivity index is 1.85. The highest BCUT2D eigenvalue weighted by atomic mass is 16.4. The van der Waals surface area contributed by atoms with Crippen molar-refractivity contribution in [3.8, 4) is 0 Å². The summed E-state index contributed by atoms with van der Waals surface area (Å²) in [5, 5.41) is 15.8. The quantitative estimate of drug-likeness (QED) is 0.363. The number of carbonyl (C=O) groups is 4. The third kappa shape index (κ3) is 5.56. The van der Waals surface area contributed by atoms with Crippen LogP contribution in [0.5, 0.6) is 0 Å². The topological polar surface area (TPSA) is 158 Å². The van der Waals surface area contributed by atoms with Crippen molar-refractivity contribution in [3.05, 3.63) is 36.0 Å². The normalized spacial score (nSPS) is 18.5. The Morgan fingerprint density at radius 2 is 1.88 bits per heavy atom. The van der Waals surface area contributed by atoms with Gasteiger partial charge in [0.15, 0.2) is 0 Å². The standard InChI is InChI=1S/C24H33N5O5/c1-13(2)20(24(33)34)28-21(30)18(11-15-12-26-17-8-5-4-7-16(15)17)27-22(31)19-9-6-10-29(19)23(32)14(3)25/h4-5,7-8,12-14,18-20,26H,6,9-11,25H2,1-3H3,(H,27,31)(H,28,30)(H,33,34). The summed E-state index contributed by atoms with van der Waals surface area (Å²) in [5.41, 5.74) is 7.43. The zero-order valence-electron chi connectivity index (χ0n) is 19.7. The molecular formula is C24H33N5O5. The van der Waals surface area contributed by atoms with E-state index in [9.17, 15) is 24.3 Å². The van der Waals surface area contributed by atoms with Crippen molar-refractivity contribution in [1.82, 2.24) is 20.5 Å². The van der Waals surface area contributed by atoms with Crippen molar-refractivity contribution in [2.75, 3.05) is 6.54 Å². The minimum atomic E-state index is -1.15. The number of benzene rings is 1. The van der Waals surface area contributed by atoms with E-state index in [0.29, 0.717) is 19.4 Å². The highest BCUT2D eigenvalue weighted by molar-refractivity contribution is 5.95. The number of hydrogen-bond acceptors (Lipinski definition) is 5. The first-order valence-corrected chi connectivity index (χ1v) is 11.5. The molecule has 0 radical (unpaired) electrons. The fourth-order valence-electron chi connectivity index (χ4n) is 4.33. The summed E-state index contributed by atoms with van der Waals surface area (Å²) in [5.74, 6) is -2.86. The lowest BCUT2D eigenvalue weighted by molar-refractivity contribution is -0.144. The maximum absolute atomic E-state index is 13.2. The van der Waals surface area contributed by atoms with E-state index < -0.39 is 42.0 Å². The summed E-state index contributed by atoms with van der Waals surface area (Å²) in [6, 6.07) is 3.99. The Kier molecular flexibility index (Phi) is 7.93. The van der Waals surface area contributed by atoms with E-state index >= 15 is 0 Å². The van der Waals surface area contributed by atoms with Gasteiger partial charge in [-0.05, 0) is 37.3 Å². The van der Waals surface area contributed by atoms with Gasteiger partial charge in [-0.15, -0.1) is 0 Å². The monoisotopic (exact) mass is 471 g/mol. The number of fused-ring (bicyclic) bond motifs is 1. The van der Waals surface area contributed by atoms with E-state index in [0.717, 1.165) is 16.5 Å². The number of amides is 3. The van der Waals surface area contributed by atoms with Crippen LogP contribution >= 0.6 is 0 Å². The molecule has 1 saturated heterocycles. The fraction of sp³-hybridized carbons (Fsp3) is 0.500. The Labute approximate surface area is 198 Å². The highest BCUT2D eigenvalue weighted by Gasteiger charge is 2.37. The van der Waals surface area contributed by atoms with E-state index in [2.05, 4.69) is 15.6 Å². The third-order valence-electron chi connectivity index (χ3n) is 6.19. The summed E-state index contributed by atoms with van der Waals surface area (Å²) in [6.07, 6.45) is 3.05. The number of carboxylic acid groups (broad SMARTS) is 1. The average Bonchev–Trinajstić information content (AvgIpc) is 3.43. The number of aromatic nitrogens is 1. The number of hydrogen-bond donors (Lipinski definition) is 5. The van der Waals surface area contributed by atoms with E-state index in [1.54, 1.807) is 27.0 Å². The van der Waals surface area contributed by atoms with Crippen LogP contribution in [0.4, 0.5) is 0 Å². The zero-order chi connectivity index (χ0) is 25.0. The fourth-order valence-corrected chi connectivity index (χ4v) is 4.33. The maximum atomic E-state index is 13.2. The summed E-state index contributed by atoms with van der Waals surface area (Å²) < 4.78 is 0. The second-order valence-electron chi connectivity index (χ2n) is 9.17. The predicted octanol–water partition coefficient (Wildman–Crippen LogP) is 0.759. The van der Waals surface area contributed by atoms with Crippen molar-refractivity contribution in [1.29, 1.82) is 0 Å². The van der Waals surface area contributed by atoms with Gasteiger partial charge in [-0.25, -0.2) is 4.79 Å². The molecule has 184 valence electrons. The van der Waals surface area contributed by atoms with Gasteiger partial charge in [-0.3, -0.25) is 14.4 Å². The van der Waals surface area contributed by atoms with Gasteiger partial charge in [-0.1, -0.05) is 32.0 Å². The number of nitrogens with zero attached hydrogens (tertiary/aromatic N) is 1. The SMILES string of the molecule is CC(N)C(=O)N1CCCC1C(=O)NC(Cc1c[nH]c2ccccc12)C(=O)NC(C(=O)O)C(C)C. The summed E-state index contributed by atoms with van der Waals surface area (Å²) >= 11 is 0. The molecule has 0 saturated carbocycles. The van der Waals surface area contributed by atoms with Crippen LogP contribution in [0.25, 0.3) is 10.9 Å². The van der Waals surface area contributed by atoms with Crippen LogP contribution in [-0.2, 0) is 25.6 Å². The largest absolute Gasteiger partial charge is 0.480 e. The van der Waals surface area contributed by atoms with E-state index in [1.807, 2.05) is 24.3 Å². The van der Waals surface area contributed by atoms with Crippen molar-refractivity contribution in [2.45, 2.75) is 64.2 Å². The number of carbonyl (C=O) groups excluding carboxylic acids is 3. The molecule has 2 aromatic rings. The molecule has 10 heteroatoms. The van der Waals surface area contributed by atoms with Gasteiger partial charge in [0.05, 0.1) is 6.04 Å². The molecular weight excluding hydrogens is 438 g/mol. The molecule has 1 fully saturated rings. The number of nitrogens with two attached hydrogens (primary N) is 1. The molecule has 0 spiro atoms. The van der Waals surface area contributed by atoms with Gasteiger partial charge in [0.1, 0.15) is 18.1 Å². The number of nitrogens with one attached hydrogen (secondary N) is 3. The van der Waals surface area contributed by atoms with Crippen LogP contribution in [0.1, 0.15) is 39.2 Å². The Bertz CT molecular complexity index is 1060. The van der Waals surface area contributed by atoms with Crippen LogP contribution in [0.3, 0.4) is 0 Å². The molecule has 10 nitrogen and oxygen atoms in total. The Hall–Kier alpha value is -3.40. The lowest BCUT2D eigenvalue weighted by Gasteiger charge is -2.28. The van der Waals surface area contributed by atoms with Crippen molar-refractivity contribution >= 4 is 34.6 Å². The van der Waals surface area contributed by atoms with Crippen molar-refractivity contribution < 1.29 is 24.3 Å². The second-order valence-corrected chi connectivity index (χ2v) is 9.17. The summed E-state index contributed by atoms with van der Waals surface area (Å²) in [7, 11) is 0. The maximum Gasteiger partial charge on any atom is 0.326 e. The lowest BCUT2D eigenvalue weighted by atomic mass is 10.0. The second kappa shape index (κ2) is 10.7. The van der Waals surface area contributed by atoms with Gasteiger partial charge >= 0.3 is 5.97 Å². The molecule has 6 N–H and O–H groups in total. The molecule has 4 unspecified atom stereocenters. The number of aliphatic carboxylic acids is 1. The average molecular weight is 472 g/mol. The molecule has 3 rings (SSSR count). The molecule has 1 aromatic carbocycles. The van der Waals surface area contributed by atoms with Crippen molar-refractivity contribution in [2.24, 2.45) is 11.7 Å². The number of rotatable bonds is 9. The van der Waals surface area contributed by atoms with Crippen molar-refractivity contribution in [3.63, 3.8) is 0 Å². The van der Waals surface area contributed by atoms with Gasteiger partial charge < -0.3 is 31.4 Å². The van der Waals surface area contributed by atoms with Crippen LogP contribution in [-0.4, -0.2) is 69.4 Å². The van der Waals surface area contributed by atoms with Crippen LogP contribution in [0.15, 0.2) is 30.5 Å². The summed E-state index contributed by atoms with van der Waals surface area (Å²) in [6.45, 7) is 5.39. The molecule has 2 heterocycles. The van der Waals surface area contributed by atoms with Crippen LogP contribution in [0.2, 0.25) is 0 Å². The molecule has 1 aliphatic heterocycles. The van der Waals surface area contributed by atoms with E-state index in [-0.39, 0.29) is 18.2 Å². The van der Waals surface area contributed by atoms with E-state index in [1.165, 1.54) is 4.90 Å². The van der Waals surface area contributed by atoms with E-state index in [4.69, 9.17) is 5.73 Å². The zero-order valence-corrected chi connectivity index (χ0v) is 19.7. The van der Waals surface area contributed by atoms with Gasteiger partial charge in [0.25, 0.3) is 0 Å². The molecule has 0 aliphatic carbocycles. The highest BCUT2D eigenvalue weighted by Crippen LogP contribution is 2.21. The van der Waals surface area contributed by atoms with Crippen LogP contribution < -0.4 is 16.4 Å². The van der Waals surface area contributed by atoms with Crippen LogP contribution in [0, 0.1) is 5.92 Å².